The molecule has 1 aromatic rings. The largest absolute Gasteiger partial charge is 0.357 e. The number of rotatable bonds is 9. The molecule has 0 amide bonds. The molecular weight excluding hydrogens is 384 g/mol. The standard InChI is InChI=1S/C22H38N4O2S/c1-5-23-22(25-17-20-12-15-26(16-13-20)29(4,27)28)24-14-6-7-19-8-10-21(11-9-19)18(2)3/h8-11,18,20H,5-7,12-17H2,1-4H3,(H2,23,24,25). The Labute approximate surface area is 177 Å². The molecule has 164 valence electrons. The number of aryl methyl sites for hydroxylation is 1. The highest BCUT2D eigenvalue weighted by Crippen LogP contribution is 2.19. The lowest BCUT2D eigenvalue weighted by molar-refractivity contribution is 0.280. The summed E-state index contributed by atoms with van der Waals surface area (Å²) in [5.74, 6) is 1.87. The molecule has 6 nitrogen and oxygen atoms in total. The summed E-state index contributed by atoms with van der Waals surface area (Å²) >= 11 is 0. The van der Waals surface area contributed by atoms with Crippen LogP contribution in [0.25, 0.3) is 0 Å². The van der Waals surface area contributed by atoms with Crippen molar-refractivity contribution in [3.63, 3.8) is 0 Å². The summed E-state index contributed by atoms with van der Waals surface area (Å²) in [6.07, 6.45) is 5.15. The number of hydrogen-bond acceptors (Lipinski definition) is 3. The highest BCUT2D eigenvalue weighted by Gasteiger charge is 2.24. The van der Waals surface area contributed by atoms with E-state index in [1.807, 2.05) is 0 Å². The lowest BCUT2D eigenvalue weighted by Crippen LogP contribution is -2.40. The number of nitrogens with one attached hydrogen (secondary N) is 2. The third-order valence-corrected chi connectivity index (χ3v) is 6.78. The SMILES string of the molecule is CCNC(=NCC1CCN(S(C)(=O)=O)CC1)NCCCc1ccc(C(C)C)cc1. The van der Waals surface area contributed by atoms with Gasteiger partial charge in [-0.3, -0.25) is 4.99 Å². The van der Waals surface area contributed by atoms with E-state index in [2.05, 4.69) is 55.7 Å². The molecule has 29 heavy (non-hydrogen) atoms. The molecule has 1 saturated heterocycles. The molecule has 7 heteroatoms. The van der Waals surface area contributed by atoms with Gasteiger partial charge in [-0.15, -0.1) is 0 Å². The van der Waals surface area contributed by atoms with Gasteiger partial charge in [-0.05, 0) is 55.6 Å². The number of sulfonamides is 1. The topological polar surface area (TPSA) is 73.8 Å². The number of aliphatic imine (C=N–C) groups is 1. The first-order valence-electron chi connectivity index (χ1n) is 10.9. The average molecular weight is 423 g/mol. The summed E-state index contributed by atoms with van der Waals surface area (Å²) < 4.78 is 24.8. The van der Waals surface area contributed by atoms with Gasteiger partial charge >= 0.3 is 0 Å². The second-order valence-corrected chi connectivity index (χ2v) is 10.2. The zero-order valence-corrected chi connectivity index (χ0v) is 19.3. The lowest BCUT2D eigenvalue weighted by Gasteiger charge is -2.29. The molecule has 0 radical (unpaired) electrons. The molecular formula is C22H38N4O2S. The van der Waals surface area contributed by atoms with Crippen LogP contribution in [0.15, 0.2) is 29.3 Å². The van der Waals surface area contributed by atoms with Crippen molar-refractivity contribution in [1.82, 2.24) is 14.9 Å². The van der Waals surface area contributed by atoms with Gasteiger partial charge in [0.15, 0.2) is 5.96 Å². The van der Waals surface area contributed by atoms with Crippen LogP contribution in [0.2, 0.25) is 0 Å². The second-order valence-electron chi connectivity index (χ2n) is 8.25. The first-order chi connectivity index (χ1) is 13.8. The van der Waals surface area contributed by atoms with Crippen molar-refractivity contribution in [1.29, 1.82) is 0 Å². The molecule has 0 aromatic heterocycles. The van der Waals surface area contributed by atoms with E-state index in [9.17, 15) is 8.42 Å². The lowest BCUT2D eigenvalue weighted by atomic mass is 9.98. The van der Waals surface area contributed by atoms with Crippen LogP contribution in [0, 0.1) is 5.92 Å². The van der Waals surface area contributed by atoms with E-state index < -0.39 is 10.0 Å². The number of hydrogen-bond donors (Lipinski definition) is 2. The first kappa shape index (κ1) is 23.7. The smallest absolute Gasteiger partial charge is 0.211 e. The number of benzene rings is 1. The normalized spacial score (nSPS) is 16.9. The maximum Gasteiger partial charge on any atom is 0.211 e. The van der Waals surface area contributed by atoms with Crippen molar-refractivity contribution in [2.75, 3.05) is 39.0 Å². The van der Waals surface area contributed by atoms with Crippen LogP contribution in [0.5, 0.6) is 0 Å². The van der Waals surface area contributed by atoms with Crippen molar-refractivity contribution in [2.45, 2.75) is 52.4 Å². The molecule has 0 spiro atoms. The zero-order chi connectivity index (χ0) is 21.3. The van der Waals surface area contributed by atoms with E-state index in [-0.39, 0.29) is 0 Å². The Kier molecular flexibility index (Phi) is 9.43. The fourth-order valence-electron chi connectivity index (χ4n) is 3.55. The maximum absolute atomic E-state index is 11.6. The van der Waals surface area contributed by atoms with Crippen molar-refractivity contribution in [2.24, 2.45) is 10.9 Å². The molecule has 1 aromatic carbocycles. The van der Waals surface area contributed by atoms with E-state index in [4.69, 9.17) is 4.99 Å². The van der Waals surface area contributed by atoms with Gasteiger partial charge in [0.25, 0.3) is 0 Å². The van der Waals surface area contributed by atoms with Gasteiger partial charge in [0.2, 0.25) is 10.0 Å². The molecule has 0 atom stereocenters. The van der Waals surface area contributed by atoms with Gasteiger partial charge in [0.05, 0.1) is 6.26 Å². The minimum absolute atomic E-state index is 0.447. The second kappa shape index (κ2) is 11.6. The van der Waals surface area contributed by atoms with Crippen molar-refractivity contribution >= 4 is 16.0 Å². The molecule has 1 aliphatic heterocycles. The summed E-state index contributed by atoms with van der Waals surface area (Å²) in [5.41, 5.74) is 2.76. The van der Waals surface area contributed by atoms with Crippen LogP contribution in [-0.2, 0) is 16.4 Å². The summed E-state index contributed by atoms with van der Waals surface area (Å²) in [6, 6.07) is 8.93. The molecule has 1 heterocycles. The van der Waals surface area contributed by atoms with Gasteiger partial charge < -0.3 is 10.6 Å². The monoisotopic (exact) mass is 422 g/mol. The van der Waals surface area contributed by atoms with Gasteiger partial charge in [-0.1, -0.05) is 38.1 Å². The molecule has 0 bridgehead atoms. The van der Waals surface area contributed by atoms with Crippen LogP contribution in [-0.4, -0.2) is 57.7 Å². The van der Waals surface area contributed by atoms with Crippen molar-refractivity contribution in [3.05, 3.63) is 35.4 Å². The molecule has 1 aliphatic rings. The minimum atomic E-state index is -3.06. The Morgan fingerprint density at radius 2 is 1.83 bits per heavy atom. The van der Waals surface area contributed by atoms with E-state index in [0.29, 0.717) is 24.9 Å². The molecule has 1 fully saturated rings. The quantitative estimate of drug-likeness (QED) is 0.365. The van der Waals surface area contributed by atoms with Crippen LogP contribution < -0.4 is 10.6 Å². The van der Waals surface area contributed by atoms with Gasteiger partial charge in [-0.25, -0.2) is 12.7 Å². The number of nitrogens with zero attached hydrogens (tertiary/aromatic N) is 2. The Hall–Kier alpha value is -1.60. The number of guanidine groups is 1. The third kappa shape index (κ3) is 8.34. The van der Waals surface area contributed by atoms with Crippen LogP contribution in [0.3, 0.4) is 0 Å². The fourth-order valence-corrected chi connectivity index (χ4v) is 4.43. The van der Waals surface area contributed by atoms with E-state index in [1.54, 1.807) is 4.31 Å². The average Bonchev–Trinajstić information content (AvgIpc) is 2.69. The molecule has 2 N–H and O–H groups in total. The summed E-state index contributed by atoms with van der Waals surface area (Å²) in [5, 5.41) is 6.73. The number of piperidine rings is 1. The Balaban J connectivity index is 1.73. The third-order valence-electron chi connectivity index (χ3n) is 5.48. The highest BCUT2D eigenvalue weighted by molar-refractivity contribution is 7.88. The first-order valence-corrected chi connectivity index (χ1v) is 12.7. The summed E-state index contributed by atoms with van der Waals surface area (Å²) in [6.45, 7) is 10.2. The van der Waals surface area contributed by atoms with Crippen molar-refractivity contribution < 1.29 is 8.42 Å². The van der Waals surface area contributed by atoms with Gasteiger partial charge in [-0.2, -0.15) is 0 Å². The minimum Gasteiger partial charge on any atom is -0.357 e. The van der Waals surface area contributed by atoms with Gasteiger partial charge in [0, 0.05) is 32.7 Å². The van der Waals surface area contributed by atoms with E-state index in [1.165, 1.54) is 17.4 Å². The molecule has 0 unspecified atom stereocenters. The summed E-state index contributed by atoms with van der Waals surface area (Å²) in [4.78, 5) is 4.73. The molecule has 0 aliphatic carbocycles. The van der Waals surface area contributed by atoms with E-state index in [0.717, 1.165) is 51.3 Å². The Morgan fingerprint density at radius 3 is 2.38 bits per heavy atom. The maximum atomic E-state index is 11.6. The molecule has 0 saturated carbocycles. The Morgan fingerprint density at radius 1 is 1.17 bits per heavy atom. The van der Waals surface area contributed by atoms with Crippen molar-refractivity contribution in [3.8, 4) is 0 Å². The highest BCUT2D eigenvalue weighted by atomic mass is 32.2. The van der Waals surface area contributed by atoms with E-state index >= 15 is 0 Å². The zero-order valence-electron chi connectivity index (χ0n) is 18.4. The van der Waals surface area contributed by atoms with Gasteiger partial charge in [0.1, 0.15) is 0 Å². The Bertz CT molecular complexity index is 737. The molecule has 2 rings (SSSR count). The van der Waals surface area contributed by atoms with Crippen LogP contribution >= 0.6 is 0 Å². The summed E-state index contributed by atoms with van der Waals surface area (Å²) in [7, 11) is -3.06. The van der Waals surface area contributed by atoms with Crippen LogP contribution in [0.1, 0.15) is 57.1 Å². The predicted molar refractivity (Wildman–Crippen MR) is 122 cm³/mol. The predicted octanol–water partition coefficient (Wildman–Crippen LogP) is 2.97. The van der Waals surface area contributed by atoms with Crippen LogP contribution in [0.4, 0.5) is 0 Å². The fraction of sp³-hybridized carbons (Fsp3) is 0.682.